The van der Waals surface area contributed by atoms with Crippen LogP contribution in [0.3, 0.4) is 0 Å². The second-order valence-electron chi connectivity index (χ2n) is 6.60. The van der Waals surface area contributed by atoms with Crippen molar-refractivity contribution in [3.8, 4) is 5.75 Å². The SMILES string of the molecule is COc1c(C)cnc(CNC(=O)N2CCCC2c2cccn2C)c1C. The van der Waals surface area contributed by atoms with Crippen molar-refractivity contribution in [2.24, 2.45) is 7.05 Å². The van der Waals surface area contributed by atoms with Crippen LogP contribution in [0.2, 0.25) is 0 Å². The number of pyridine rings is 1. The minimum atomic E-state index is -0.0376. The van der Waals surface area contributed by atoms with E-state index >= 15 is 0 Å². The zero-order chi connectivity index (χ0) is 18.0. The normalized spacial score (nSPS) is 17.0. The predicted octanol–water partition coefficient (Wildman–Crippen LogP) is 3.09. The highest BCUT2D eigenvalue weighted by atomic mass is 16.5. The van der Waals surface area contributed by atoms with Gasteiger partial charge in [0.1, 0.15) is 5.75 Å². The van der Waals surface area contributed by atoms with Gasteiger partial charge in [0.2, 0.25) is 0 Å². The van der Waals surface area contributed by atoms with E-state index in [-0.39, 0.29) is 12.1 Å². The summed E-state index contributed by atoms with van der Waals surface area (Å²) in [6, 6.07) is 4.22. The number of amides is 2. The van der Waals surface area contributed by atoms with E-state index in [1.807, 2.05) is 38.1 Å². The number of rotatable bonds is 4. The second-order valence-corrected chi connectivity index (χ2v) is 6.60. The molecule has 0 spiro atoms. The van der Waals surface area contributed by atoms with Gasteiger partial charge in [-0.3, -0.25) is 4.98 Å². The minimum absolute atomic E-state index is 0.0376. The van der Waals surface area contributed by atoms with Gasteiger partial charge in [-0.1, -0.05) is 0 Å². The van der Waals surface area contributed by atoms with Gasteiger partial charge in [-0.25, -0.2) is 4.79 Å². The Labute approximate surface area is 148 Å². The number of nitrogens with zero attached hydrogens (tertiary/aromatic N) is 3. The number of carbonyl (C=O) groups excluding carboxylic acids is 1. The summed E-state index contributed by atoms with van der Waals surface area (Å²) >= 11 is 0. The van der Waals surface area contributed by atoms with Crippen LogP contribution in [0.15, 0.2) is 24.5 Å². The summed E-state index contributed by atoms with van der Waals surface area (Å²) in [5.74, 6) is 0.835. The molecule has 1 aliphatic heterocycles. The third-order valence-corrected chi connectivity index (χ3v) is 5.00. The standard InChI is InChI=1S/C19H26N4O2/c1-13-11-20-15(14(2)18(13)25-4)12-21-19(24)23-10-6-8-17(23)16-7-5-9-22(16)3/h5,7,9,11,17H,6,8,10,12H2,1-4H3,(H,21,24). The van der Waals surface area contributed by atoms with Gasteiger partial charge in [0, 0.05) is 42.8 Å². The van der Waals surface area contributed by atoms with E-state index in [1.165, 1.54) is 5.69 Å². The predicted molar refractivity (Wildman–Crippen MR) is 96.6 cm³/mol. The smallest absolute Gasteiger partial charge is 0.318 e. The third-order valence-electron chi connectivity index (χ3n) is 5.00. The molecule has 2 amide bonds. The molecule has 1 N–H and O–H groups in total. The Morgan fingerprint density at radius 1 is 1.44 bits per heavy atom. The lowest BCUT2D eigenvalue weighted by atomic mass is 10.1. The van der Waals surface area contributed by atoms with Gasteiger partial charge in [0.15, 0.2) is 0 Å². The molecule has 0 aliphatic carbocycles. The van der Waals surface area contributed by atoms with Gasteiger partial charge in [-0.05, 0) is 38.8 Å². The van der Waals surface area contributed by atoms with Crippen LogP contribution < -0.4 is 10.1 Å². The number of aryl methyl sites for hydroxylation is 2. The molecule has 1 fully saturated rings. The highest BCUT2D eigenvalue weighted by molar-refractivity contribution is 5.75. The maximum Gasteiger partial charge on any atom is 0.318 e. The molecule has 1 saturated heterocycles. The first-order valence-electron chi connectivity index (χ1n) is 8.67. The molecule has 1 atom stereocenters. The van der Waals surface area contributed by atoms with Gasteiger partial charge in [-0.15, -0.1) is 0 Å². The van der Waals surface area contributed by atoms with Crippen LogP contribution in [0.5, 0.6) is 5.75 Å². The number of ether oxygens (including phenoxy) is 1. The van der Waals surface area contributed by atoms with E-state index in [4.69, 9.17) is 4.74 Å². The number of aromatic nitrogens is 2. The number of methoxy groups -OCH3 is 1. The average Bonchev–Trinajstić information content (AvgIpc) is 3.22. The largest absolute Gasteiger partial charge is 0.496 e. The van der Waals surface area contributed by atoms with Crippen molar-refractivity contribution in [1.82, 2.24) is 19.8 Å². The van der Waals surface area contributed by atoms with Crippen LogP contribution in [0.4, 0.5) is 4.79 Å². The monoisotopic (exact) mass is 342 g/mol. The number of nitrogens with one attached hydrogen (secondary N) is 1. The summed E-state index contributed by atoms with van der Waals surface area (Å²) in [6.07, 6.45) is 5.84. The fraction of sp³-hybridized carbons (Fsp3) is 0.474. The first-order chi connectivity index (χ1) is 12.0. The number of hydrogen-bond acceptors (Lipinski definition) is 3. The van der Waals surface area contributed by atoms with Gasteiger partial charge in [0.25, 0.3) is 0 Å². The van der Waals surface area contributed by atoms with E-state index in [2.05, 4.69) is 20.9 Å². The number of hydrogen-bond donors (Lipinski definition) is 1. The summed E-state index contributed by atoms with van der Waals surface area (Å²) in [5, 5.41) is 3.02. The maximum atomic E-state index is 12.7. The fourth-order valence-electron chi connectivity index (χ4n) is 3.65. The number of carbonyl (C=O) groups is 1. The Morgan fingerprint density at radius 3 is 2.92 bits per heavy atom. The van der Waals surface area contributed by atoms with Crippen LogP contribution in [0, 0.1) is 13.8 Å². The second kappa shape index (κ2) is 7.17. The lowest BCUT2D eigenvalue weighted by molar-refractivity contribution is 0.190. The Bertz CT molecular complexity index is 769. The van der Waals surface area contributed by atoms with Gasteiger partial charge in [0.05, 0.1) is 25.4 Å². The molecule has 3 rings (SSSR count). The van der Waals surface area contributed by atoms with Gasteiger partial charge >= 0.3 is 6.03 Å². The summed E-state index contributed by atoms with van der Waals surface area (Å²) in [7, 11) is 3.68. The third kappa shape index (κ3) is 3.34. The molecule has 6 nitrogen and oxygen atoms in total. The van der Waals surface area contributed by atoms with Crippen molar-refractivity contribution in [2.45, 2.75) is 39.3 Å². The first-order valence-corrected chi connectivity index (χ1v) is 8.67. The van der Waals surface area contributed by atoms with Gasteiger partial charge < -0.3 is 19.5 Å². The summed E-state index contributed by atoms with van der Waals surface area (Å²) in [5.41, 5.74) is 3.99. The van der Waals surface area contributed by atoms with E-state index in [0.717, 1.165) is 42.0 Å². The van der Waals surface area contributed by atoms with Gasteiger partial charge in [-0.2, -0.15) is 0 Å². The van der Waals surface area contributed by atoms with Crippen LogP contribution >= 0.6 is 0 Å². The van der Waals surface area contributed by atoms with E-state index < -0.39 is 0 Å². The molecule has 1 unspecified atom stereocenters. The van der Waals surface area contributed by atoms with Crippen LogP contribution in [0.1, 0.15) is 41.4 Å². The van der Waals surface area contributed by atoms with Crippen LogP contribution in [-0.4, -0.2) is 34.1 Å². The Hall–Kier alpha value is -2.50. The maximum absolute atomic E-state index is 12.7. The molecule has 25 heavy (non-hydrogen) atoms. The van der Waals surface area contributed by atoms with Crippen LogP contribution in [-0.2, 0) is 13.6 Å². The topological polar surface area (TPSA) is 59.4 Å². The van der Waals surface area contributed by atoms with Crippen LogP contribution in [0.25, 0.3) is 0 Å². The molecule has 0 saturated carbocycles. The highest BCUT2D eigenvalue weighted by Crippen LogP contribution is 2.32. The quantitative estimate of drug-likeness (QED) is 0.929. The first kappa shape index (κ1) is 17.3. The molecule has 134 valence electrons. The molecule has 2 aromatic rings. The van der Waals surface area contributed by atoms with Crippen molar-refractivity contribution < 1.29 is 9.53 Å². The van der Waals surface area contributed by atoms with Crippen molar-refractivity contribution in [1.29, 1.82) is 0 Å². The summed E-state index contributed by atoms with van der Waals surface area (Å²) < 4.78 is 7.53. The zero-order valence-electron chi connectivity index (χ0n) is 15.4. The lowest BCUT2D eigenvalue weighted by Crippen LogP contribution is -2.39. The van der Waals surface area contributed by atoms with Crippen molar-refractivity contribution in [3.63, 3.8) is 0 Å². The molecule has 0 radical (unpaired) electrons. The zero-order valence-corrected chi connectivity index (χ0v) is 15.4. The summed E-state index contributed by atoms with van der Waals surface area (Å²) in [4.78, 5) is 19.1. The van der Waals surface area contributed by atoms with Crippen molar-refractivity contribution in [3.05, 3.63) is 47.0 Å². The fourth-order valence-corrected chi connectivity index (χ4v) is 3.65. The Morgan fingerprint density at radius 2 is 2.24 bits per heavy atom. The number of likely N-dealkylation sites (tertiary alicyclic amines) is 1. The van der Waals surface area contributed by atoms with E-state index in [1.54, 1.807) is 13.3 Å². The molecule has 2 aromatic heterocycles. The molecule has 3 heterocycles. The minimum Gasteiger partial charge on any atom is -0.496 e. The molecular formula is C19H26N4O2. The van der Waals surface area contributed by atoms with Crippen molar-refractivity contribution >= 4 is 6.03 Å². The lowest BCUT2D eigenvalue weighted by Gasteiger charge is -2.25. The molecule has 6 heteroatoms. The molecule has 1 aliphatic rings. The van der Waals surface area contributed by atoms with Crippen molar-refractivity contribution in [2.75, 3.05) is 13.7 Å². The molecular weight excluding hydrogens is 316 g/mol. The number of urea groups is 1. The molecule has 0 aromatic carbocycles. The highest BCUT2D eigenvalue weighted by Gasteiger charge is 2.31. The average molecular weight is 342 g/mol. The van der Waals surface area contributed by atoms with E-state index in [0.29, 0.717) is 6.54 Å². The Balaban J connectivity index is 1.70. The Kier molecular flexibility index (Phi) is 4.97. The van der Waals surface area contributed by atoms with E-state index in [9.17, 15) is 4.79 Å². The molecule has 0 bridgehead atoms. The summed E-state index contributed by atoms with van der Waals surface area (Å²) in [6.45, 7) is 5.13.